The molecular formula is C16H23N3O2. The second-order valence-electron chi connectivity index (χ2n) is 5.34. The van der Waals surface area contributed by atoms with Gasteiger partial charge in [0.1, 0.15) is 6.10 Å². The van der Waals surface area contributed by atoms with E-state index in [2.05, 4.69) is 10.4 Å². The smallest absolute Gasteiger partial charge is 0.105 e. The standard InChI is InChI=1S/C16H23N3O2/c1-11-9-12(2)19(18-11)14-6-4-5-13(10-14)16(21)15(20)7-8-17-3/h4-6,9-10,15-17,20-21H,7-8H2,1-3H3. The number of nitrogens with one attached hydrogen (secondary N) is 1. The van der Waals surface area contributed by atoms with Crippen LogP contribution in [0.15, 0.2) is 30.3 Å². The summed E-state index contributed by atoms with van der Waals surface area (Å²) in [6.07, 6.45) is -1.18. The van der Waals surface area contributed by atoms with E-state index >= 15 is 0 Å². The third-order valence-corrected chi connectivity index (χ3v) is 3.52. The minimum atomic E-state index is -0.893. The molecule has 2 unspecified atom stereocenters. The number of hydrogen-bond donors (Lipinski definition) is 3. The molecule has 2 aromatic rings. The zero-order chi connectivity index (χ0) is 15.4. The fraction of sp³-hybridized carbons (Fsp3) is 0.438. The first-order valence-corrected chi connectivity index (χ1v) is 7.17. The van der Waals surface area contributed by atoms with Gasteiger partial charge in [0, 0.05) is 5.69 Å². The molecule has 1 aromatic heterocycles. The lowest BCUT2D eigenvalue weighted by Crippen LogP contribution is -2.23. The summed E-state index contributed by atoms with van der Waals surface area (Å²) in [5.41, 5.74) is 3.57. The summed E-state index contributed by atoms with van der Waals surface area (Å²) in [5.74, 6) is 0. The van der Waals surface area contributed by atoms with Crippen molar-refractivity contribution in [3.63, 3.8) is 0 Å². The first-order valence-electron chi connectivity index (χ1n) is 7.17. The average Bonchev–Trinajstić information content (AvgIpc) is 2.82. The minimum Gasteiger partial charge on any atom is -0.390 e. The van der Waals surface area contributed by atoms with Gasteiger partial charge in [0.15, 0.2) is 0 Å². The average molecular weight is 289 g/mol. The van der Waals surface area contributed by atoms with Gasteiger partial charge in [-0.2, -0.15) is 5.10 Å². The van der Waals surface area contributed by atoms with Crippen LogP contribution in [0.1, 0.15) is 29.5 Å². The zero-order valence-corrected chi connectivity index (χ0v) is 12.7. The quantitative estimate of drug-likeness (QED) is 0.753. The number of hydrogen-bond acceptors (Lipinski definition) is 4. The highest BCUT2D eigenvalue weighted by molar-refractivity contribution is 5.38. The lowest BCUT2D eigenvalue weighted by Gasteiger charge is -2.19. The van der Waals surface area contributed by atoms with Crippen LogP contribution >= 0.6 is 0 Å². The van der Waals surface area contributed by atoms with Crippen molar-refractivity contribution in [1.82, 2.24) is 15.1 Å². The van der Waals surface area contributed by atoms with Gasteiger partial charge in [-0.05, 0) is 57.6 Å². The number of nitrogens with zero attached hydrogens (tertiary/aromatic N) is 2. The van der Waals surface area contributed by atoms with Crippen molar-refractivity contribution >= 4 is 0 Å². The molecule has 0 radical (unpaired) electrons. The molecule has 0 bridgehead atoms. The van der Waals surface area contributed by atoms with Crippen molar-refractivity contribution in [3.05, 3.63) is 47.3 Å². The summed E-state index contributed by atoms with van der Waals surface area (Å²) in [6.45, 7) is 4.60. The predicted octanol–water partition coefficient (Wildman–Crippen LogP) is 1.49. The predicted molar refractivity (Wildman–Crippen MR) is 82.5 cm³/mol. The molecule has 2 rings (SSSR count). The molecule has 0 aliphatic carbocycles. The highest BCUT2D eigenvalue weighted by atomic mass is 16.3. The lowest BCUT2D eigenvalue weighted by atomic mass is 10.0. The Morgan fingerprint density at radius 1 is 1.24 bits per heavy atom. The Morgan fingerprint density at radius 3 is 2.62 bits per heavy atom. The Labute approximate surface area is 125 Å². The molecule has 21 heavy (non-hydrogen) atoms. The van der Waals surface area contributed by atoms with Crippen molar-refractivity contribution in [2.24, 2.45) is 0 Å². The number of aliphatic hydroxyl groups is 2. The van der Waals surface area contributed by atoms with Gasteiger partial charge in [0.25, 0.3) is 0 Å². The highest BCUT2D eigenvalue weighted by Gasteiger charge is 2.18. The van der Waals surface area contributed by atoms with Gasteiger partial charge in [-0.3, -0.25) is 0 Å². The molecule has 0 aliphatic heterocycles. The van der Waals surface area contributed by atoms with Crippen LogP contribution in [-0.2, 0) is 0 Å². The van der Waals surface area contributed by atoms with E-state index in [9.17, 15) is 10.2 Å². The molecule has 0 saturated carbocycles. The first-order chi connectivity index (χ1) is 10.0. The molecule has 1 heterocycles. The summed E-state index contributed by atoms with van der Waals surface area (Å²) in [6, 6.07) is 9.50. The van der Waals surface area contributed by atoms with Crippen LogP contribution in [0.5, 0.6) is 0 Å². The van der Waals surface area contributed by atoms with Gasteiger partial charge in [-0.1, -0.05) is 12.1 Å². The van der Waals surface area contributed by atoms with E-state index in [0.717, 1.165) is 17.1 Å². The molecule has 114 valence electrons. The van der Waals surface area contributed by atoms with E-state index in [1.54, 1.807) is 0 Å². The SMILES string of the molecule is CNCCC(O)C(O)c1cccc(-n2nc(C)cc2C)c1. The topological polar surface area (TPSA) is 70.3 Å². The molecular weight excluding hydrogens is 266 g/mol. The highest BCUT2D eigenvalue weighted by Crippen LogP contribution is 2.22. The maximum atomic E-state index is 10.3. The molecule has 0 saturated heterocycles. The molecule has 0 amide bonds. The molecule has 3 N–H and O–H groups in total. The summed E-state index contributed by atoms with van der Waals surface area (Å²) in [5, 5.41) is 27.7. The molecule has 5 heteroatoms. The van der Waals surface area contributed by atoms with Crippen molar-refractivity contribution in [1.29, 1.82) is 0 Å². The summed E-state index contributed by atoms with van der Waals surface area (Å²) in [4.78, 5) is 0. The van der Waals surface area contributed by atoms with Crippen molar-refractivity contribution in [2.45, 2.75) is 32.5 Å². The van der Waals surface area contributed by atoms with Crippen LogP contribution < -0.4 is 5.32 Å². The van der Waals surface area contributed by atoms with Gasteiger partial charge in [-0.15, -0.1) is 0 Å². The summed E-state index contributed by atoms with van der Waals surface area (Å²) < 4.78 is 1.84. The van der Waals surface area contributed by atoms with Crippen LogP contribution in [-0.4, -0.2) is 39.7 Å². The maximum absolute atomic E-state index is 10.3. The molecule has 1 aromatic carbocycles. The molecule has 5 nitrogen and oxygen atoms in total. The first kappa shape index (κ1) is 15.7. The second kappa shape index (κ2) is 6.85. The number of aryl methyl sites for hydroxylation is 2. The van der Waals surface area contributed by atoms with Gasteiger partial charge < -0.3 is 15.5 Å². The Morgan fingerprint density at radius 2 is 2.00 bits per heavy atom. The van der Waals surface area contributed by atoms with Gasteiger partial charge in [0.05, 0.1) is 17.5 Å². The van der Waals surface area contributed by atoms with E-state index in [0.29, 0.717) is 18.5 Å². The fourth-order valence-electron chi connectivity index (χ4n) is 2.40. The molecule has 0 aliphatic rings. The van der Waals surface area contributed by atoms with E-state index < -0.39 is 12.2 Å². The molecule has 2 atom stereocenters. The number of aromatic nitrogens is 2. The Bertz CT molecular complexity index is 595. The number of benzene rings is 1. The zero-order valence-electron chi connectivity index (χ0n) is 12.7. The Kier molecular flexibility index (Phi) is 5.12. The second-order valence-corrected chi connectivity index (χ2v) is 5.34. The Balaban J connectivity index is 2.23. The third-order valence-electron chi connectivity index (χ3n) is 3.52. The van der Waals surface area contributed by atoms with Crippen molar-refractivity contribution in [2.75, 3.05) is 13.6 Å². The maximum Gasteiger partial charge on any atom is 0.105 e. The van der Waals surface area contributed by atoms with Crippen molar-refractivity contribution < 1.29 is 10.2 Å². The van der Waals surface area contributed by atoms with Crippen LogP contribution in [0.4, 0.5) is 0 Å². The van der Waals surface area contributed by atoms with Crippen LogP contribution in [0.25, 0.3) is 5.69 Å². The Hall–Kier alpha value is -1.69. The van der Waals surface area contributed by atoms with Crippen LogP contribution in [0.2, 0.25) is 0 Å². The monoisotopic (exact) mass is 289 g/mol. The van der Waals surface area contributed by atoms with Gasteiger partial charge in [-0.25, -0.2) is 4.68 Å². The van der Waals surface area contributed by atoms with E-state index in [-0.39, 0.29) is 0 Å². The van der Waals surface area contributed by atoms with Crippen molar-refractivity contribution in [3.8, 4) is 5.69 Å². The van der Waals surface area contributed by atoms with Gasteiger partial charge >= 0.3 is 0 Å². The van der Waals surface area contributed by atoms with Crippen LogP contribution in [0.3, 0.4) is 0 Å². The third kappa shape index (κ3) is 3.69. The number of aliphatic hydroxyl groups excluding tert-OH is 2. The van der Waals surface area contributed by atoms with E-state index in [4.69, 9.17) is 0 Å². The molecule has 0 spiro atoms. The summed E-state index contributed by atoms with van der Waals surface area (Å²) >= 11 is 0. The summed E-state index contributed by atoms with van der Waals surface area (Å²) in [7, 11) is 1.82. The van der Waals surface area contributed by atoms with Gasteiger partial charge in [0.2, 0.25) is 0 Å². The van der Waals surface area contributed by atoms with E-state index in [1.165, 1.54) is 0 Å². The van der Waals surface area contributed by atoms with E-state index in [1.807, 2.05) is 55.9 Å². The largest absolute Gasteiger partial charge is 0.390 e. The minimum absolute atomic E-state index is 0.502. The fourth-order valence-corrected chi connectivity index (χ4v) is 2.40. The van der Waals surface area contributed by atoms with Crippen LogP contribution in [0, 0.1) is 13.8 Å². The normalized spacial score (nSPS) is 14.1. The number of rotatable bonds is 6. The molecule has 0 fully saturated rings. The lowest BCUT2D eigenvalue weighted by molar-refractivity contribution is 0.0140.